The third-order valence-corrected chi connectivity index (χ3v) is 8.16. The minimum Gasteiger partial charge on any atom is -0.348 e. The monoisotopic (exact) mass is 467 g/mol. The molecule has 35 heavy (non-hydrogen) atoms. The first-order valence-corrected chi connectivity index (χ1v) is 11.8. The Kier molecular flexibility index (Phi) is 3.45. The van der Waals surface area contributed by atoms with Gasteiger partial charge in [0.1, 0.15) is 12.1 Å². The van der Waals surface area contributed by atoms with E-state index in [4.69, 9.17) is 14.5 Å². The van der Waals surface area contributed by atoms with Gasteiger partial charge in [0.05, 0.1) is 34.7 Å². The van der Waals surface area contributed by atoms with E-state index in [-0.39, 0.29) is 5.91 Å². The van der Waals surface area contributed by atoms with Crippen molar-refractivity contribution in [2.24, 2.45) is 5.92 Å². The lowest BCUT2D eigenvalue weighted by Crippen LogP contribution is -2.40. The van der Waals surface area contributed by atoms with Gasteiger partial charge in [-0.25, -0.2) is 4.79 Å². The second-order valence-corrected chi connectivity index (χ2v) is 9.71. The molecule has 8 heteroatoms. The fourth-order valence-electron chi connectivity index (χ4n) is 6.89. The third kappa shape index (κ3) is 2.08. The molecule has 5 heterocycles. The average molecular weight is 467 g/mol. The summed E-state index contributed by atoms with van der Waals surface area (Å²) in [6.07, 6.45) is 0.00426. The van der Waals surface area contributed by atoms with E-state index in [1.807, 2.05) is 31.2 Å². The Hall–Kier alpha value is -3.88. The number of nitrogens with one attached hydrogen (secondary N) is 1. The van der Waals surface area contributed by atoms with Crippen molar-refractivity contribution in [1.82, 2.24) is 14.5 Å². The highest BCUT2D eigenvalue weighted by atomic mass is 17.2. The predicted molar refractivity (Wildman–Crippen MR) is 129 cm³/mol. The van der Waals surface area contributed by atoms with Crippen LogP contribution >= 0.6 is 0 Å². The number of hydrogen-bond acceptors (Lipinski definition) is 5. The SMILES string of the molecule is COOC(=O)[C@@H]1C[C@H]2O[C@]1(C)n1c3ccccc3c3c4c(c5c6ccccc6n2c5c31)C(=O)NC4. The van der Waals surface area contributed by atoms with Crippen molar-refractivity contribution < 1.29 is 24.1 Å². The van der Waals surface area contributed by atoms with E-state index >= 15 is 0 Å². The molecule has 0 unspecified atom stereocenters. The average Bonchev–Trinajstić information content (AvgIpc) is 3.56. The molecular formula is C27H21N3O5. The van der Waals surface area contributed by atoms with Crippen LogP contribution in [-0.2, 0) is 31.6 Å². The molecular weight excluding hydrogens is 446 g/mol. The van der Waals surface area contributed by atoms with Crippen LogP contribution in [0.4, 0.5) is 0 Å². The molecule has 3 aromatic carbocycles. The van der Waals surface area contributed by atoms with Crippen LogP contribution < -0.4 is 5.32 Å². The molecule has 2 aromatic heterocycles. The molecule has 8 nitrogen and oxygen atoms in total. The van der Waals surface area contributed by atoms with Crippen molar-refractivity contribution in [2.45, 2.75) is 31.8 Å². The van der Waals surface area contributed by atoms with Gasteiger partial charge in [-0.05, 0) is 24.6 Å². The summed E-state index contributed by atoms with van der Waals surface area (Å²) in [5.74, 6) is -1.11. The first-order valence-electron chi connectivity index (χ1n) is 11.8. The summed E-state index contributed by atoms with van der Waals surface area (Å²) in [6, 6.07) is 16.2. The molecule has 3 aliphatic heterocycles. The van der Waals surface area contributed by atoms with Crippen molar-refractivity contribution in [3.05, 3.63) is 59.7 Å². The van der Waals surface area contributed by atoms with E-state index in [1.54, 1.807) is 0 Å². The van der Waals surface area contributed by atoms with Gasteiger partial charge in [0.25, 0.3) is 5.91 Å². The number of hydrogen-bond donors (Lipinski definition) is 1. The van der Waals surface area contributed by atoms with Crippen molar-refractivity contribution in [2.75, 3.05) is 7.11 Å². The molecule has 1 amide bonds. The van der Waals surface area contributed by atoms with Crippen LogP contribution in [0, 0.1) is 5.92 Å². The number of rotatable bonds is 2. The Bertz CT molecular complexity index is 1800. The largest absolute Gasteiger partial charge is 0.350 e. The van der Waals surface area contributed by atoms with Crippen LogP contribution in [0.25, 0.3) is 43.6 Å². The Morgan fingerprint density at radius 2 is 1.77 bits per heavy atom. The number of carbonyl (C=O) groups is 2. The van der Waals surface area contributed by atoms with Crippen LogP contribution in [0.5, 0.6) is 0 Å². The zero-order valence-corrected chi connectivity index (χ0v) is 19.1. The number of para-hydroxylation sites is 2. The molecule has 0 aliphatic carbocycles. The van der Waals surface area contributed by atoms with Gasteiger partial charge in [-0.2, -0.15) is 4.89 Å². The number of nitrogens with zero attached hydrogens (tertiary/aromatic N) is 2. The van der Waals surface area contributed by atoms with E-state index in [0.717, 1.165) is 54.7 Å². The highest BCUT2D eigenvalue weighted by Gasteiger charge is 2.56. The summed E-state index contributed by atoms with van der Waals surface area (Å²) in [7, 11) is 1.34. The highest BCUT2D eigenvalue weighted by Crippen LogP contribution is 2.56. The fourth-order valence-corrected chi connectivity index (χ4v) is 6.89. The van der Waals surface area contributed by atoms with E-state index in [1.165, 1.54) is 7.11 Å². The zero-order valence-electron chi connectivity index (χ0n) is 19.1. The van der Waals surface area contributed by atoms with Gasteiger partial charge in [-0.3, -0.25) is 9.68 Å². The molecule has 1 N–H and O–H groups in total. The molecule has 1 fully saturated rings. The minimum atomic E-state index is -1.01. The first-order chi connectivity index (χ1) is 17.0. The number of benzene rings is 3. The van der Waals surface area contributed by atoms with Gasteiger partial charge in [-0.15, -0.1) is 0 Å². The van der Waals surface area contributed by atoms with Crippen molar-refractivity contribution >= 4 is 55.5 Å². The number of aromatic nitrogens is 2. The van der Waals surface area contributed by atoms with Crippen LogP contribution in [0.2, 0.25) is 0 Å². The molecule has 0 radical (unpaired) electrons. The van der Waals surface area contributed by atoms with Gasteiger partial charge in [0, 0.05) is 34.5 Å². The first kappa shape index (κ1) is 19.4. The number of amides is 1. The number of ether oxygens (including phenoxy) is 1. The summed E-state index contributed by atoms with van der Waals surface area (Å²) < 4.78 is 11.2. The maximum absolute atomic E-state index is 13.2. The molecule has 1 saturated heterocycles. The predicted octanol–water partition coefficient (Wildman–Crippen LogP) is 4.47. The van der Waals surface area contributed by atoms with Gasteiger partial charge in [-0.1, -0.05) is 36.4 Å². The smallest absolute Gasteiger partial charge is 0.348 e. The van der Waals surface area contributed by atoms with Crippen molar-refractivity contribution in [3.8, 4) is 0 Å². The van der Waals surface area contributed by atoms with E-state index in [2.05, 4.69) is 38.7 Å². The maximum atomic E-state index is 13.2. The normalized spacial score (nSPS) is 24.6. The Morgan fingerprint density at radius 1 is 1.06 bits per heavy atom. The topological polar surface area (TPSA) is 83.7 Å². The highest BCUT2D eigenvalue weighted by molar-refractivity contribution is 6.31. The summed E-state index contributed by atoms with van der Waals surface area (Å²) in [5, 5.41) is 7.07. The maximum Gasteiger partial charge on any atom is 0.350 e. The molecule has 5 aromatic rings. The van der Waals surface area contributed by atoms with E-state index in [0.29, 0.717) is 13.0 Å². The summed E-state index contributed by atoms with van der Waals surface area (Å²) in [5.41, 5.74) is 4.60. The Morgan fingerprint density at radius 3 is 2.54 bits per heavy atom. The second-order valence-electron chi connectivity index (χ2n) is 9.71. The summed E-state index contributed by atoms with van der Waals surface area (Å²) in [4.78, 5) is 36.2. The van der Waals surface area contributed by atoms with Crippen molar-refractivity contribution in [1.29, 1.82) is 0 Å². The number of fused-ring (bicyclic) bond motifs is 13. The Labute approximate surface area is 198 Å². The van der Waals surface area contributed by atoms with Crippen molar-refractivity contribution in [3.63, 3.8) is 0 Å². The van der Waals surface area contributed by atoms with Crippen LogP contribution in [0.3, 0.4) is 0 Å². The van der Waals surface area contributed by atoms with Crippen LogP contribution in [0.1, 0.15) is 35.5 Å². The summed E-state index contributed by atoms with van der Waals surface area (Å²) >= 11 is 0. The van der Waals surface area contributed by atoms with Gasteiger partial charge in [0.15, 0.2) is 5.72 Å². The fraction of sp³-hybridized carbons (Fsp3) is 0.259. The molecule has 0 saturated carbocycles. The standard InChI is InChI=1S/C27H21N3O5/c1-27-16(26(32)35-33-2)11-19(34-27)29-17-9-5-3-7-13(17)21-22-15(12-28-25(22)31)20-14-8-4-6-10-18(14)30(27)24(20)23(21)29/h3-10,16,19H,11-12H2,1-2H3,(H,28,31)/t16-,19+,27-/m0/s1. The van der Waals surface area contributed by atoms with Gasteiger partial charge < -0.3 is 19.2 Å². The molecule has 8 rings (SSSR count). The zero-order chi connectivity index (χ0) is 23.6. The van der Waals surface area contributed by atoms with Gasteiger partial charge in [0.2, 0.25) is 0 Å². The lowest BCUT2D eigenvalue weighted by molar-refractivity contribution is -0.264. The second kappa shape index (κ2) is 6.21. The van der Waals surface area contributed by atoms with Gasteiger partial charge >= 0.3 is 5.97 Å². The van der Waals surface area contributed by atoms with E-state index < -0.39 is 23.8 Å². The molecule has 3 aliphatic rings. The minimum absolute atomic E-state index is 0.0512. The molecule has 3 atom stereocenters. The van der Waals surface area contributed by atoms with Crippen LogP contribution in [-0.4, -0.2) is 28.1 Å². The van der Waals surface area contributed by atoms with E-state index in [9.17, 15) is 9.59 Å². The Balaban J connectivity index is 1.68. The molecule has 2 bridgehead atoms. The number of carbonyl (C=O) groups excluding carboxylic acids is 2. The van der Waals surface area contributed by atoms with Crippen LogP contribution in [0.15, 0.2) is 48.5 Å². The lowest BCUT2D eigenvalue weighted by Gasteiger charge is -2.31. The molecule has 174 valence electrons. The lowest BCUT2D eigenvalue weighted by atomic mass is 9.93. The quantitative estimate of drug-likeness (QED) is 0.306. The third-order valence-electron chi connectivity index (χ3n) is 8.16. The molecule has 0 spiro atoms. The summed E-state index contributed by atoms with van der Waals surface area (Å²) in [6.45, 7) is 2.42.